The molecule has 0 atom stereocenters. The SMILES string of the molecule is CCCCCc1ncc(CCCCC)c(=O)[nH]1. The van der Waals surface area contributed by atoms with Crippen molar-refractivity contribution in [1.82, 2.24) is 9.97 Å². The average molecular weight is 236 g/mol. The summed E-state index contributed by atoms with van der Waals surface area (Å²) in [5.41, 5.74) is 0.889. The van der Waals surface area contributed by atoms with Crippen molar-refractivity contribution in [1.29, 1.82) is 0 Å². The lowest BCUT2D eigenvalue weighted by Gasteiger charge is -2.02. The lowest BCUT2D eigenvalue weighted by molar-refractivity contribution is 0.681. The summed E-state index contributed by atoms with van der Waals surface area (Å²) in [5, 5.41) is 0. The summed E-state index contributed by atoms with van der Waals surface area (Å²) < 4.78 is 0. The molecule has 17 heavy (non-hydrogen) atoms. The van der Waals surface area contributed by atoms with E-state index in [1.54, 1.807) is 6.20 Å². The summed E-state index contributed by atoms with van der Waals surface area (Å²) in [4.78, 5) is 19.0. The van der Waals surface area contributed by atoms with Crippen molar-refractivity contribution in [3.8, 4) is 0 Å². The van der Waals surface area contributed by atoms with Crippen LogP contribution in [0, 0.1) is 0 Å². The molecule has 96 valence electrons. The minimum Gasteiger partial charge on any atom is -0.310 e. The van der Waals surface area contributed by atoms with Crippen LogP contribution < -0.4 is 5.56 Å². The Kier molecular flexibility index (Phi) is 6.60. The molecule has 0 unspecified atom stereocenters. The predicted molar refractivity (Wildman–Crippen MR) is 71.3 cm³/mol. The molecule has 1 rings (SSSR count). The van der Waals surface area contributed by atoms with Gasteiger partial charge in [0, 0.05) is 18.2 Å². The normalized spacial score (nSPS) is 10.7. The molecule has 1 aromatic heterocycles. The Morgan fingerprint density at radius 1 is 1.06 bits per heavy atom. The molecule has 0 radical (unpaired) electrons. The maximum Gasteiger partial charge on any atom is 0.254 e. The lowest BCUT2D eigenvalue weighted by Crippen LogP contribution is -2.16. The predicted octanol–water partition coefficient (Wildman–Crippen LogP) is 3.24. The highest BCUT2D eigenvalue weighted by Crippen LogP contribution is 2.03. The number of aromatic nitrogens is 2. The average Bonchev–Trinajstić information content (AvgIpc) is 2.32. The van der Waals surface area contributed by atoms with Gasteiger partial charge in [-0.15, -0.1) is 0 Å². The Morgan fingerprint density at radius 2 is 1.71 bits per heavy atom. The van der Waals surface area contributed by atoms with Gasteiger partial charge in [0.2, 0.25) is 0 Å². The van der Waals surface area contributed by atoms with Crippen LogP contribution in [-0.4, -0.2) is 9.97 Å². The van der Waals surface area contributed by atoms with Crippen molar-refractivity contribution in [3.05, 3.63) is 27.9 Å². The van der Waals surface area contributed by atoms with Crippen molar-refractivity contribution in [3.63, 3.8) is 0 Å². The molecule has 3 heteroatoms. The number of unbranched alkanes of at least 4 members (excludes halogenated alkanes) is 4. The molecule has 0 aliphatic carbocycles. The smallest absolute Gasteiger partial charge is 0.254 e. The van der Waals surface area contributed by atoms with Crippen LogP contribution in [0.2, 0.25) is 0 Å². The largest absolute Gasteiger partial charge is 0.310 e. The number of hydrogen-bond donors (Lipinski definition) is 1. The van der Waals surface area contributed by atoms with Crippen LogP contribution in [0.1, 0.15) is 63.8 Å². The second-order valence-corrected chi connectivity index (χ2v) is 4.60. The molecular formula is C14H24N2O. The second-order valence-electron chi connectivity index (χ2n) is 4.60. The highest BCUT2D eigenvalue weighted by Gasteiger charge is 2.02. The summed E-state index contributed by atoms with van der Waals surface area (Å²) in [6, 6.07) is 0. The van der Waals surface area contributed by atoms with Gasteiger partial charge < -0.3 is 4.98 Å². The van der Waals surface area contributed by atoms with Gasteiger partial charge in [-0.1, -0.05) is 39.5 Å². The van der Waals surface area contributed by atoms with Crippen molar-refractivity contribution >= 4 is 0 Å². The molecule has 3 nitrogen and oxygen atoms in total. The van der Waals surface area contributed by atoms with E-state index in [9.17, 15) is 4.79 Å². The van der Waals surface area contributed by atoms with Gasteiger partial charge in [-0.3, -0.25) is 4.79 Å². The Labute approximate surface area is 104 Å². The van der Waals surface area contributed by atoms with Gasteiger partial charge in [0.25, 0.3) is 5.56 Å². The van der Waals surface area contributed by atoms with Gasteiger partial charge in [-0.2, -0.15) is 0 Å². The molecule has 0 bridgehead atoms. The van der Waals surface area contributed by atoms with Gasteiger partial charge >= 0.3 is 0 Å². The molecular weight excluding hydrogens is 212 g/mol. The highest BCUT2D eigenvalue weighted by molar-refractivity contribution is 5.06. The third-order valence-corrected chi connectivity index (χ3v) is 2.99. The first kappa shape index (κ1) is 13.9. The van der Waals surface area contributed by atoms with E-state index in [0.717, 1.165) is 37.1 Å². The fourth-order valence-corrected chi connectivity index (χ4v) is 1.87. The van der Waals surface area contributed by atoms with Gasteiger partial charge in [0.1, 0.15) is 5.82 Å². The van der Waals surface area contributed by atoms with Crippen molar-refractivity contribution in [2.45, 2.75) is 65.2 Å². The van der Waals surface area contributed by atoms with E-state index >= 15 is 0 Å². The van der Waals surface area contributed by atoms with E-state index in [2.05, 4.69) is 23.8 Å². The number of rotatable bonds is 8. The van der Waals surface area contributed by atoms with Crippen LogP contribution >= 0.6 is 0 Å². The minimum atomic E-state index is 0.0580. The van der Waals surface area contributed by atoms with Gasteiger partial charge in [0.05, 0.1) is 0 Å². The van der Waals surface area contributed by atoms with E-state index in [1.807, 2.05) is 0 Å². The first-order chi connectivity index (χ1) is 8.27. The first-order valence-corrected chi connectivity index (χ1v) is 6.85. The van der Waals surface area contributed by atoms with Crippen molar-refractivity contribution in [2.75, 3.05) is 0 Å². The fraction of sp³-hybridized carbons (Fsp3) is 0.714. The number of nitrogens with zero attached hydrogens (tertiary/aromatic N) is 1. The van der Waals surface area contributed by atoms with E-state index in [0.29, 0.717) is 0 Å². The molecule has 0 aromatic carbocycles. The summed E-state index contributed by atoms with van der Waals surface area (Å²) in [7, 11) is 0. The molecule has 1 heterocycles. The van der Waals surface area contributed by atoms with E-state index in [1.165, 1.54) is 25.7 Å². The third-order valence-electron chi connectivity index (χ3n) is 2.99. The number of H-pyrrole nitrogens is 1. The Balaban J connectivity index is 2.50. The van der Waals surface area contributed by atoms with Gasteiger partial charge in [-0.05, 0) is 19.3 Å². The highest BCUT2D eigenvalue weighted by atomic mass is 16.1. The van der Waals surface area contributed by atoms with Crippen LogP contribution in [-0.2, 0) is 12.8 Å². The molecule has 0 spiro atoms. The zero-order valence-electron chi connectivity index (χ0n) is 11.1. The first-order valence-electron chi connectivity index (χ1n) is 6.85. The number of aryl methyl sites for hydroxylation is 2. The molecule has 1 aromatic rings. The van der Waals surface area contributed by atoms with Crippen LogP contribution in [0.25, 0.3) is 0 Å². The zero-order chi connectivity index (χ0) is 12.5. The number of aromatic amines is 1. The Hall–Kier alpha value is -1.12. The molecule has 0 amide bonds. The quantitative estimate of drug-likeness (QED) is 0.704. The number of hydrogen-bond acceptors (Lipinski definition) is 2. The monoisotopic (exact) mass is 236 g/mol. The molecule has 0 aliphatic rings. The van der Waals surface area contributed by atoms with Crippen LogP contribution in [0.15, 0.2) is 11.0 Å². The fourth-order valence-electron chi connectivity index (χ4n) is 1.87. The Morgan fingerprint density at radius 3 is 2.29 bits per heavy atom. The molecule has 0 saturated heterocycles. The lowest BCUT2D eigenvalue weighted by atomic mass is 10.1. The molecule has 0 saturated carbocycles. The molecule has 0 fully saturated rings. The zero-order valence-corrected chi connectivity index (χ0v) is 11.1. The standard InChI is InChI=1S/C14H24N2O/c1-3-5-7-9-12-11-15-13(16-14(12)17)10-8-6-4-2/h11H,3-10H2,1-2H3,(H,15,16,17). The van der Waals surface area contributed by atoms with Crippen molar-refractivity contribution < 1.29 is 0 Å². The maximum atomic E-state index is 11.8. The summed E-state index contributed by atoms with van der Waals surface area (Å²) in [5.74, 6) is 0.836. The van der Waals surface area contributed by atoms with Gasteiger partial charge in [0.15, 0.2) is 0 Å². The summed E-state index contributed by atoms with van der Waals surface area (Å²) in [6.07, 6.45) is 10.4. The maximum absolute atomic E-state index is 11.8. The summed E-state index contributed by atoms with van der Waals surface area (Å²) >= 11 is 0. The van der Waals surface area contributed by atoms with E-state index in [4.69, 9.17) is 0 Å². The van der Waals surface area contributed by atoms with Crippen LogP contribution in [0.5, 0.6) is 0 Å². The van der Waals surface area contributed by atoms with Crippen LogP contribution in [0.4, 0.5) is 0 Å². The third kappa shape index (κ3) is 5.16. The van der Waals surface area contributed by atoms with Crippen molar-refractivity contribution in [2.24, 2.45) is 0 Å². The Bertz CT molecular complexity index is 371. The minimum absolute atomic E-state index is 0.0580. The summed E-state index contributed by atoms with van der Waals surface area (Å²) in [6.45, 7) is 4.34. The topological polar surface area (TPSA) is 45.8 Å². The molecule has 1 N–H and O–H groups in total. The second kappa shape index (κ2) is 8.04. The van der Waals surface area contributed by atoms with Gasteiger partial charge in [-0.25, -0.2) is 4.98 Å². The van der Waals surface area contributed by atoms with E-state index < -0.39 is 0 Å². The number of nitrogens with one attached hydrogen (secondary N) is 1. The molecule has 0 aliphatic heterocycles. The van der Waals surface area contributed by atoms with Crippen LogP contribution in [0.3, 0.4) is 0 Å². The van der Waals surface area contributed by atoms with E-state index in [-0.39, 0.29) is 5.56 Å².